The molecule has 1 amide bonds. The third kappa shape index (κ3) is 5.95. The number of amides is 1. The first-order valence-electron chi connectivity index (χ1n) is 11.1. The fourth-order valence-corrected chi connectivity index (χ4v) is 4.75. The zero-order chi connectivity index (χ0) is 25.2. The molecule has 0 spiro atoms. The van der Waals surface area contributed by atoms with Crippen molar-refractivity contribution in [3.05, 3.63) is 98.8 Å². The number of carboxylic acid groups (broad SMARTS) is 1. The Hall–Kier alpha value is -3.09. The van der Waals surface area contributed by atoms with Crippen molar-refractivity contribution in [2.45, 2.75) is 38.3 Å². The van der Waals surface area contributed by atoms with Crippen LogP contribution < -0.4 is 4.74 Å². The van der Waals surface area contributed by atoms with E-state index in [2.05, 4.69) is 0 Å². The number of hydrogen-bond donors (Lipinski definition) is 1. The van der Waals surface area contributed by atoms with E-state index >= 15 is 0 Å². The quantitative estimate of drug-likeness (QED) is 0.388. The van der Waals surface area contributed by atoms with Gasteiger partial charge in [-0.2, -0.15) is 0 Å². The van der Waals surface area contributed by atoms with Gasteiger partial charge in [0.05, 0.1) is 16.5 Å². The van der Waals surface area contributed by atoms with Crippen LogP contribution in [0.25, 0.3) is 0 Å². The first-order chi connectivity index (χ1) is 16.6. The van der Waals surface area contributed by atoms with Crippen molar-refractivity contribution >= 4 is 35.1 Å². The van der Waals surface area contributed by atoms with Crippen LogP contribution in [0.1, 0.15) is 40.4 Å². The van der Waals surface area contributed by atoms with Crippen molar-refractivity contribution in [2.24, 2.45) is 0 Å². The second kappa shape index (κ2) is 10.3. The number of nitrogens with zero attached hydrogens (tertiary/aromatic N) is 1. The topological polar surface area (TPSA) is 66.8 Å². The van der Waals surface area contributed by atoms with Gasteiger partial charge in [0.1, 0.15) is 17.2 Å². The molecule has 0 radical (unpaired) electrons. The van der Waals surface area contributed by atoms with E-state index in [1.165, 1.54) is 17.0 Å². The third-order valence-electron chi connectivity index (χ3n) is 5.97. The summed E-state index contributed by atoms with van der Waals surface area (Å²) in [6.07, 6.45) is 0.882. The molecule has 0 aliphatic carbocycles. The maximum absolute atomic E-state index is 13.7. The van der Waals surface area contributed by atoms with Crippen LogP contribution in [-0.4, -0.2) is 34.0 Å². The minimum atomic E-state index is -1.01. The summed E-state index contributed by atoms with van der Waals surface area (Å²) in [5.74, 6) is -1.07. The number of fused-ring (bicyclic) bond motifs is 1. The molecular formula is C27H24Cl2FNO4. The Bertz CT molecular complexity index is 1280. The number of hydrogen-bond acceptors (Lipinski definition) is 3. The monoisotopic (exact) mass is 515 g/mol. The van der Waals surface area contributed by atoms with Gasteiger partial charge in [0.2, 0.25) is 0 Å². The fraction of sp³-hybridized carbons (Fsp3) is 0.259. The van der Waals surface area contributed by atoms with Crippen LogP contribution in [0.15, 0.2) is 60.7 Å². The Balaban J connectivity index is 1.54. The summed E-state index contributed by atoms with van der Waals surface area (Å²) < 4.78 is 19.9. The maximum Gasteiger partial charge on any atom is 0.305 e. The highest BCUT2D eigenvalue weighted by Crippen LogP contribution is 2.39. The van der Waals surface area contributed by atoms with Gasteiger partial charge in [0.25, 0.3) is 5.91 Å². The molecule has 4 rings (SSSR count). The molecule has 0 aromatic heterocycles. The molecule has 3 aromatic rings. The Morgan fingerprint density at radius 1 is 1.11 bits per heavy atom. The lowest BCUT2D eigenvalue weighted by Crippen LogP contribution is -2.33. The van der Waals surface area contributed by atoms with Gasteiger partial charge in [0, 0.05) is 31.5 Å². The van der Waals surface area contributed by atoms with Crippen LogP contribution >= 0.6 is 23.2 Å². The number of carboxylic acids is 1. The van der Waals surface area contributed by atoms with E-state index in [9.17, 15) is 14.0 Å². The molecular weight excluding hydrogens is 492 g/mol. The maximum atomic E-state index is 13.7. The average molecular weight is 516 g/mol. The van der Waals surface area contributed by atoms with E-state index < -0.39 is 17.4 Å². The molecule has 0 saturated carbocycles. The normalized spacial score (nSPS) is 16.5. The lowest BCUT2D eigenvalue weighted by molar-refractivity contribution is -0.137. The molecule has 5 nitrogen and oxygen atoms in total. The van der Waals surface area contributed by atoms with Gasteiger partial charge in [-0.25, -0.2) is 4.39 Å². The second-order valence-electron chi connectivity index (χ2n) is 8.94. The van der Waals surface area contributed by atoms with Crippen LogP contribution in [0.4, 0.5) is 4.39 Å². The van der Waals surface area contributed by atoms with Crippen molar-refractivity contribution in [3.8, 4) is 5.75 Å². The predicted octanol–water partition coefficient (Wildman–Crippen LogP) is 6.19. The van der Waals surface area contributed by atoms with E-state index in [-0.39, 0.29) is 25.4 Å². The predicted molar refractivity (Wildman–Crippen MR) is 133 cm³/mol. The second-order valence-corrected chi connectivity index (χ2v) is 9.73. The summed E-state index contributed by atoms with van der Waals surface area (Å²) in [5.41, 5.74) is 2.18. The molecule has 8 heteroatoms. The average Bonchev–Trinajstić information content (AvgIpc) is 3.14. The van der Waals surface area contributed by atoms with Crippen molar-refractivity contribution < 1.29 is 23.8 Å². The molecule has 1 heterocycles. The largest absolute Gasteiger partial charge is 0.487 e. The number of aliphatic carboxylic acids is 1. The smallest absolute Gasteiger partial charge is 0.305 e. The van der Waals surface area contributed by atoms with Crippen molar-refractivity contribution in [2.75, 3.05) is 6.54 Å². The summed E-state index contributed by atoms with van der Waals surface area (Å²) >= 11 is 12.5. The molecule has 1 atom stereocenters. The van der Waals surface area contributed by atoms with Crippen LogP contribution in [0.3, 0.4) is 0 Å². The Kier molecular flexibility index (Phi) is 7.33. The highest BCUT2D eigenvalue weighted by atomic mass is 35.5. The molecule has 1 aliphatic rings. The van der Waals surface area contributed by atoms with Crippen LogP contribution in [0.5, 0.6) is 5.75 Å². The molecule has 1 aliphatic heterocycles. The number of rotatable bonds is 8. The summed E-state index contributed by atoms with van der Waals surface area (Å²) in [5, 5.41) is 10.1. The zero-order valence-corrected chi connectivity index (χ0v) is 20.6. The Labute approximate surface area is 213 Å². The van der Waals surface area contributed by atoms with Crippen molar-refractivity contribution in [3.63, 3.8) is 0 Å². The third-order valence-corrected chi connectivity index (χ3v) is 6.83. The van der Waals surface area contributed by atoms with Gasteiger partial charge in [0.15, 0.2) is 0 Å². The molecule has 0 unspecified atom stereocenters. The van der Waals surface area contributed by atoms with Crippen molar-refractivity contribution in [1.82, 2.24) is 4.90 Å². The minimum absolute atomic E-state index is 0.00322. The standard InChI is InChI=1S/C27H24Cl2FNO4/c1-27(14-19-5-3-7-22(28)25(19)29)15-20-13-18(8-9-23(20)35-27)26(34)31(11-10-24(32)33)16-17-4-2-6-21(30)12-17/h2-9,12-13H,10-11,14-16H2,1H3,(H,32,33)/t27-/m1/s1. The van der Waals surface area contributed by atoms with E-state index in [4.69, 9.17) is 33.0 Å². The summed E-state index contributed by atoms with van der Waals surface area (Å²) in [6, 6.07) is 16.6. The van der Waals surface area contributed by atoms with Crippen LogP contribution in [0, 0.1) is 5.82 Å². The van der Waals surface area contributed by atoms with Gasteiger partial charge in [-0.15, -0.1) is 0 Å². The number of ether oxygens (including phenoxy) is 1. The van der Waals surface area contributed by atoms with Crippen LogP contribution in [-0.2, 0) is 24.2 Å². The number of halogens is 3. The van der Waals surface area contributed by atoms with E-state index in [1.807, 2.05) is 19.1 Å². The zero-order valence-electron chi connectivity index (χ0n) is 19.1. The lowest BCUT2D eigenvalue weighted by Gasteiger charge is -2.24. The Morgan fingerprint density at radius 2 is 1.89 bits per heavy atom. The summed E-state index contributed by atoms with van der Waals surface area (Å²) in [6.45, 7) is 2.08. The molecule has 0 saturated heterocycles. The first-order valence-corrected chi connectivity index (χ1v) is 11.9. The van der Waals surface area contributed by atoms with Gasteiger partial charge in [-0.05, 0) is 60.0 Å². The van der Waals surface area contributed by atoms with Gasteiger partial charge in [-0.3, -0.25) is 9.59 Å². The highest BCUT2D eigenvalue weighted by molar-refractivity contribution is 6.42. The molecule has 1 N–H and O–H groups in total. The minimum Gasteiger partial charge on any atom is -0.487 e. The highest BCUT2D eigenvalue weighted by Gasteiger charge is 2.36. The van der Waals surface area contributed by atoms with Crippen LogP contribution in [0.2, 0.25) is 10.0 Å². The SMILES string of the molecule is C[C@@]1(Cc2cccc(Cl)c2Cl)Cc2cc(C(=O)N(CCC(=O)O)Cc3cccc(F)c3)ccc2O1. The number of carbonyl (C=O) groups is 2. The fourth-order valence-electron chi connectivity index (χ4n) is 4.36. The molecule has 3 aromatic carbocycles. The molecule has 35 heavy (non-hydrogen) atoms. The molecule has 0 bridgehead atoms. The molecule has 182 valence electrons. The van der Waals surface area contributed by atoms with E-state index in [0.29, 0.717) is 39.8 Å². The number of carbonyl (C=O) groups excluding carboxylic acids is 1. The van der Waals surface area contributed by atoms with E-state index in [1.54, 1.807) is 36.4 Å². The summed E-state index contributed by atoms with van der Waals surface area (Å²) in [4.78, 5) is 25.9. The first kappa shape index (κ1) is 25.0. The van der Waals surface area contributed by atoms with Gasteiger partial charge < -0.3 is 14.7 Å². The number of benzene rings is 3. The Morgan fingerprint density at radius 3 is 2.63 bits per heavy atom. The molecule has 0 fully saturated rings. The van der Waals surface area contributed by atoms with E-state index in [0.717, 1.165) is 11.1 Å². The lowest BCUT2D eigenvalue weighted by atomic mass is 9.91. The van der Waals surface area contributed by atoms with Crippen molar-refractivity contribution in [1.29, 1.82) is 0 Å². The van der Waals surface area contributed by atoms with Gasteiger partial charge >= 0.3 is 5.97 Å². The van der Waals surface area contributed by atoms with Gasteiger partial charge in [-0.1, -0.05) is 47.5 Å². The summed E-state index contributed by atoms with van der Waals surface area (Å²) in [7, 11) is 0.